The van der Waals surface area contributed by atoms with Gasteiger partial charge in [0.25, 0.3) is 0 Å². The third kappa shape index (κ3) is 3.00. The molecule has 0 nitrogen and oxygen atoms in total. The summed E-state index contributed by atoms with van der Waals surface area (Å²) in [5.41, 5.74) is 0.0755. The molecule has 0 saturated carbocycles. The molecule has 0 heterocycles. The summed E-state index contributed by atoms with van der Waals surface area (Å²) in [7, 11) is 0. The van der Waals surface area contributed by atoms with E-state index in [1.807, 2.05) is 36.4 Å². The summed E-state index contributed by atoms with van der Waals surface area (Å²) in [6, 6.07) is 2.11. The van der Waals surface area contributed by atoms with Crippen molar-refractivity contribution in [2.45, 2.75) is 25.9 Å². The van der Waals surface area contributed by atoms with Gasteiger partial charge < -0.3 is 0 Å². The normalized spacial score (nSPS) is 12.3. The standard InChI is InChI=1S/C10H9ClF3I/c1-5(2)9-7(11)3-6(4-8(9)15)10(12,13)14/h3-5H,1-2H3. The van der Waals surface area contributed by atoms with Crippen molar-refractivity contribution in [3.8, 4) is 0 Å². The zero-order chi connectivity index (χ0) is 11.8. The number of alkyl halides is 3. The molecule has 0 radical (unpaired) electrons. The highest BCUT2D eigenvalue weighted by Gasteiger charge is 2.32. The van der Waals surface area contributed by atoms with Crippen molar-refractivity contribution in [1.29, 1.82) is 0 Å². The number of halogens is 5. The topological polar surface area (TPSA) is 0 Å². The van der Waals surface area contributed by atoms with E-state index in [-0.39, 0.29) is 10.9 Å². The van der Waals surface area contributed by atoms with Crippen LogP contribution in [0.3, 0.4) is 0 Å². The maximum absolute atomic E-state index is 12.4. The van der Waals surface area contributed by atoms with Gasteiger partial charge in [-0.2, -0.15) is 13.2 Å². The molecule has 0 saturated heterocycles. The monoisotopic (exact) mass is 348 g/mol. The Morgan fingerprint density at radius 3 is 2.13 bits per heavy atom. The molecular weight excluding hydrogens is 339 g/mol. The maximum Gasteiger partial charge on any atom is 0.416 e. The van der Waals surface area contributed by atoms with Crippen LogP contribution >= 0.6 is 34.2 Å². The van der Waals surface area contributed by atoms with Gasteiger partial charge >= 0.3 is 6.18 Å². The largest absolute Gasteiger partial charge is 0.416 e. The van der Waals surface area contributed by atoms with Gasteiger partial charge in [-0.3, -0.25) is 0 Å². The molecule has 1 aromatic rings. The number of hydrogen-bond acceptors (Lipinski definition) is 0. The van der Waals surface area contributed by atoms with Gasteiger partial charge in [-0.25, -0.2) is 0 Å². The Morgan fingerprint density at radius 1 is 1.27 bits per heavy atom. The van der Waals surface area contributed by atoms with Crippen molar-refractivity contribution in [1.82, 2.24) is 0 Å². The van der Waals surface area contributed by atoms with Crippen LogP contribution in [0.1, 0.15) is 30.9 Å². The molecule has 0 atom stereocenters. The fourth-order valence-electron chi connectivity index (χ4n) is 1.30. The number of benzene rings is 1. The lowest BCUT2D eigenvalue weighted by Gasteiger charge is -2.14. The highest BCUT2D eigenvalue weighted by atomic mass is 127. The molecule has 0 bridgehead atoms. The van der Waals surface area contributed by atoms with E-state index in [2.05, 4.69) is 0 Å². The van der Waals surface area contributed by atoms with Crippen molar-refractivity contribution in [3.63, 3.8) is 0 Å². The van der Waals surface area contributed by atoms with Crippen LogP contribution in [0.5, 0.6) is 0 Å². The number of hydrogen-bond donors (Lipinski definition) is 0. The van der Waals surface area contributed by atoms with Gasteiger partial charge in [0, 0.05) is 8.59 Å². The summed E-state index contributed by atoms with van der Waals surface area (Å²) in [6.45, 7) is 3.80. The molecule has 15 heavy (non-hydrogen) atoms. The molecule has 0 aliphatic rings. The quantitative estimate of drug-likeness (QED) is 0.620. The van der Waals surface area contributed by atoms with Crippen LogP contribution in [0.4, 0.5) is 13.2 Å². The van der Waals surface area contributed by atoms with Gasteiger partial charge in [-0.1, -0.05) is 25.4 Å². The fraction of sp³-hybridized carbons (Fsp3) is 0.400. The molecule has 1 aromatic carbocycles. The Bertz CT molecular complexity index is 348. The zero-order valence-corrected chi connectivity index (χ0v) is 11.0. The first-order chi connectivity index (χ1) is 6.73. The minimum absolute atomic E-state index is 0.117. The van der Waals surface area contributed by atoms with Gasteiger partial charge in [0.2, 0.25) is 0 Å². The molecule has 0 aliphatic heterocycles. The highest BCUT2D eigenvalue weighted by molar-refractivity contribution is 14.1. The summed E-state index contributed by atoms with van der Waals surface area (Å²) in [6.07, 6.45) is -4.33. The zero-order valence-electron chi connectivity index (χ0n) is 8.12. The Kier molecular flexibility index (Phi) is 3.92. The van der Waals surface area contributed by atoms with E-state index in [4.69, 9.17) is 11.6 Å². The molecule has 84 valence electrons. The van der Waals surface area contributed by atoms with Gasteiger partial charge in [0.05, 0.1) is 5.56 Å². The van der Waals surface area contributed by atoms with Crippen molar-refractivity contribution in [2.24, 2.45) is 0 Å². The summed E-state index contributed by atoms with van der Waals surface area (Å²) in [4.78, 5) is 0. The lowest BCUT2D eigenvalue weighted by Crippen LogP contribution is -2.07. The van der Waals surface area contributed by atoms with Crippen LogP contribution in [0, 0.1) is 3.57 Å². The average Bonchev–Trinajstić information content (AvgIpc) is 1.99. The summed E-state index contributed by atoms with van der Waals surface area (Å²) in [5, 5.41) is 0.184. The van der Waals surface area contributed by atoms with E-state index in [1.54, 1.807) is 0 Å². The predicted molar refractivity (Wildman–Crippen MR) is 63.3 cm³/mol. The second kappa shape index (κ2) is 4.49. The molecule has 0 spiro atoms. The van der Waals surface area contributed by atoms with Gasteiger partial charge in [-0.15, -0.1) is 0 Å². The van der Waals surface area contributed by atoms with Crippen molar-refractivity contribution in [2.75, 3.05) is 0 Å². The lowest BCUT2D eigenvalue weighted by atomic mass is 10.0. The van der Waals surface area contributed by atoms with Gasteiger partial charge in [-0.05, 0) is 46.2 Å². The Hall–Kier alpha value is 0.0300. The second-order valence-electron chi connectivity index (χ2n) is 3.51. The first kappa shape index (κ1) is 13.1. The minimum atomic E-state index is -4.33. The predicted octanol–water partition coefficient (Wildman–Crippen LogP) is 5.09. The van der Waals surface area contributed by atoms with Crippen molar-refractivity contribution >= 4 is 34.2 Å². The summed E-state index contributed by atoms with van der Waals surface area (Å²) < 4.78 is 37.8. The van der Waals surface area contributed by atoms with Crippen molar-refractivity contribution in [3.05, 3.63) is 31.9 Å². The summed E-state index contributed by atoms with van der Waals surface area (Å²) >= 11 is 7.71. The first-order valence-electron chi connectivity index (χ1n) is 4.29. The maximum atomic E-state index is 12.4. The molecule has 0 fully saturated rings. The third-order valence-corrected chi connectivity index (χ3v) is 3.19. The van der Waals surface area contributed by atoms with E-state index in [1.165, 1.54) is 0 Å². The van der Waals surface area contributed by atoms with Crippen LogP contribution in [0.2, 0.25) is 5.02 Å². The van der Waals surface area contributed by atoms with Crippen LogP contribution in [0.15, 0.2) is 12.1 Å². The first-order valence-corrected chi connectivity index (χ1v) is 5.75. The van der Waals surface area contributed by atoms with Gasteiger partial charge in [0.1, 0.15) is 0 Å². The molecule has 5 heteroatoms. The SMILES string of the molecule is CC(C)c1c(Cl)cc(C(F)(F)F)cc1I. The van der Waals surface area contributed by atoms with E-state index < -0.39 is 11.7 Å². The van der Waals surface area contributed by atoms with Gasteiger partial charge in [0.15, 0.2) is 0 Å². The molecule has 0 N–H and O–H groups in total. The smallest absolute Gasteiger partial charge is 0.166 e. The average molecular weight is 349 g/mol. The van der Waals surface area contributed by atoms with E-state index in [0.29, 0.717) is 3.57 Å². The molecule has 0 unspecified atom stereocenters. The minimum Gasteiger partial charge on any atom is -0.166 e. The molecule has 1 rings (SSSR count). The summed E-state index contributed by atoms with van der Waals surface area (Å²) in [5.74, 6) is 0.117. The second-order valence-corrected chi connectivity index (χ2v) is 5.08. The van der Waals surface area contributed by atoms with Crippen LogP contribution < -0.4 is 0 Å². The Morgan fingerprint density at radius 2 is 1.80 bits per heavy atom. The lowest BCUT2D eigenvalue weighted by molar-refractivity contribution is -0.137. The van der Waals surface area contributed by atoms with E-state index >= 15 is 0 Å². The third-order valence-electron chi connectivity index (χ3n) is 1.98. The van der Waals surface area contributed by atoms with E-state index in [0.717, 1.165) is 17.7 Å². The van der Waals surface area contributed by atoms with Crippen LogP contribution in [-0.2, 0) is 6.18 Å². The Balaban J connectivity index is 3.32. The molecule has 0 aliphatic carbocycles. The van der Waals surface area contributed by atoms with Crippen molar-refractivity contribution < 1.29 is 13.2 Å². The van der Waals surface area contributed by atoms with E-state index in [9.17, 15) is 13.2 Å². The molecule has 0 amide bonds. The Labute approximate surface area is 105 Å². The van der Waals surface area contributed by atoms with Crippen LogP contribution in [0.25, 0.3) is 0 Å². The number of rotatable bonds is 1. The highest BCUT2D eigenvalue weighted by Crippen LogP contribution is 2.36. The van der Waals surface area contributed by atoms with Crippen LogP contribution in [-0.4, -0.2) is 0 Å². The molecular formula is C10H9ClF3I. The molecule has 0 aromatic heterocycles. The fourth-order valence-corrected chi connectivity index (χ4v) is 3.15.